The SMILES string of the molecule is CC(C)(C)C(C(=O)O)n1nnc2c(Oc3cc(Cl)cc(C#N)c3)c(Cl)ccc21.N#Cc1cc(Cl)cc(Oc2c(Cl)ccc3c2nnn3CC(=O)O)c1. The van der Waals surface area contributed by atoms with E-state index in [1.54, 1.807) is 24.3 Å². The van der Waals surface area contributed by atoms with Gasteiger partial charge in [0.2, 0.25) is 0 Å². The molecule has 0 spiro atoms. The highest BCUT2D eigenvalue weighted by Crippen LogP contribution is 2.40. The minimum absolute atomic E-state index is 0.203. The van der Waals surface area contributed by atoms with Crippen LogP contribution in [0.25, 0.3) is 22.1 Å². The number of carbonyl (C=O) groups is 2. The van der Waals surface area contributed by atoms with Gasteiger partial charge in [0.05, 0.1) is 44.3 Å². The largest absolute Gasteiger partial charge is 0.480 e. The highest BCUT2D eigenvalue weighted by molar-refractivity contribution is 6.33. The third-order valence-corrected chi connectivity index (χ3v) is 8.20. The number of aromatic nitrogens is 6. The second kappa shape index (κ2) is 15.3. The first-order chi connectivity index (χ1) is 24.6. The molecule has 0 saturated heterocycles. The molecule has 0 fully saturated rings. The van der Waals surface area contributed by atoms with Crippen molar-refractivity contribution in [1.82, 2.24) is 30.0 Å². The molecule has 0 bridgehead atoms. The molecule has 0 saturated carbocycles. The number of nitrogens with zero attached hydrogens (tertiary/aromatic N) is 8. The first kappa shape index (κ1) is 37.6. The van der Waals surface area contributed by atoms with Crippen LogP contribution >= 0.6 is 46.4 Å². The number of rotatable bonds is 8. The standard InChI is InChI=1S/C19H16Cl2N4O3.C15H8Cl2N4O3/c1-19(2,3)17(18(26)27)25-14-5-4-13(21)16(15(14)23-24-25)28-12-7-10(9-22)6-11(20)8-12;16-9-3-8(6-18)4-10(5-9)24-15-11(17)1-2-12-14(15)19-20-21(12)7-13(22)23/h4-8,17H,1-3H3,(H,26,27);1-5H,7H2,(H,22,23). The molecule has 2 N–H and O–H groups in total. The number of aliphatic carboxylic acids is 2. The summed E-state index contributed by atoms with van der Waals surface area (Å²) >= 11 is 24.4. The van der Waals surface area contributed by atoms with Crippen LogP contribution in [-0.4, -0.2) is 52.1 Å². The Balaban J connectivity index is 0.000000203. The zero-order valence-electron chi connectivity index (χ0n) is 27.2. The molecule has 0 amide bonds. The van der Waals surface area contributed by atoms with Crippen molar-refractivity contribution in [3.8, 4) is 35.1 Å². The Bertz CT molecular complexity index is 2450. The van der Waals surface area contributed by atoms with Crippen molar-refractivity contribution in [2.75, 3.05) is 0 Å². The van der Waals surface area contributed by atoms with Gasteiger partial charge in [-0.25, -0.2) is 14.2 Å². The molecule has 1 atom stereocenters. The molecular weight excluding hydrogens is 758 g/mol. The van der Waals surface area contributed by atoms with Gasteiger partial charge < -0.3 is 19.7 Å². The van der Waals surface area contributed by atoms with Crippen LogP contribution in [0, 0.1) is 28.1 Å². The molecule has 6 rings (SSSR count). The lowest BCUT2D eigenvalue weighted by molar-refractivity contribution is -0.144. The maximum Gasteiger partial charge on any atom is 0.329 e. The molecule has 0 aliphatic rings. The molecule has 1 unspecified atom stereocenters. The van der Waals surface area contributed by atoms with E-state index in [1.807, 2.05) is 32.9 Å². The topological polar surface area (TPSA) is 202 Å². The minimum atomic E-state index is -1.05. The van der Waals surface area contributed by atoms with Gasteiger partial charge in [-0.1, -0.05) is 77.6 Å². The number of carboxylic acid groups (broad SMARTS) is 2. The Labute approximate surface area is 314 Å². The third-order valence-electron chi connectivity index (χ3n) is 7.17. The monoisotopic (exact) mass is 780 g/mol. The summed E-state index contributed by atoms with van der Waals surface area (Å²) in [6.07, 6.45) is 0. The van der Waals surface area contributed by atoms with Crippen molar-refractivity contribution in [3.63, 3.8) is 0 Å². The van der Waals surface area contributed by atoms with Crippen LogP contribution in [0.1, 0.15) is 37.9 Å². The summed E-state index contributed by atoms with van der Waals surface area (Å²) in [6.45, 7) is 5.08. The number of carboxylic acids is 2. The highest BCUT2D eigenvalue weighted by atomic mass is 35.5. The van der Waals surface area contributed by atoms with Gasteiger partial charge in [-0.2, -0.15) is 10.5 Å². The number of hydrogen-bond acceptors (Lipinski definition) is 10. The van der Waals surface area contributed by atoms with Crippen LogP contribution in [0.4, 0.5) is 0 Å². The van der Waals surface area contributed by atoms with E-state index in [0.717, 1.165) is 0 Å². The van der Waals surface area contributed by atoms with Crippen molar-refractivity contribution in [3.05, 3.63) is 91.9 Å². The van der Waals surface area contributed by atoms with Gasteiger partial charge in [0.1, 0.15) is 18.0 Å². The maximum atomic E-state index is 11.8. The first-order valence-electron chi connectivity index (χ1n) is 14.9. The predicted molar refractivity (Wildman–Crippen MR) is 191 cm³/mol. The molecule has 0 aliphatic heterocycles. The summed E-state index contributed by atoms with van der Waals surface area (Å²) in [5.74, 6) is -1.05. The third kappa shape index (κ3) is 8.28. The van der Waals surface area contributed by atoms with E-state index < -0.39 is 23.4 Å². The number of halogens is 4. The number of fused-ring (bicyclic) bond motifs is 2. The van der Waals surface area contributed by atoms with Crippen molar-refractivity contribution >= 4 is 80.4 Å². The zero-order chi connectivity index (χ0) is 37.9. The van der Waals surface area contributed by atoms with Gasteiger partial charge >= 0.3 is 11.9 Å². The van der Waals surface area contributed by atoms with E-state index in [4.69, 9.17) is 71.5 Å². The second-order valence-electron chi connectivity index (χ2n) is 12.0. The number of nitriles is 2. The molecule has 0 aliphatic carbocycles. The van der Waals surface area contributed by atoms with Gasteiger partial charge in [0.25, 0.3) is 0 Å². The Morgan fingerprint density at radius 1 is 0.769 bits per heavy atom. The highest BCUT2D eigenvalue weighted by Gasteiger charge is 2.35. The fraction of sp³-hybridized carbons (Fsp3) is 0.176. The number of benzene rings is 4. The molecule has 6 aromatic rings. The predicted octanol–water partition coefficient (Wildman–Crippen LogP) is 8.56. The van der Waals surface area contributed by atoms with E-state index >= 15 is 0 Å². The maximum absolute atomic E-state index is 11.8. The van der Waals surface area contributed by atoms with E-state index in [0.29, 0.717) is 54.7 Å². The van der Waals surface area contributed by atoms with Crippen LogP contribution < -0.4 is 9.47 Å². The molecule has 4 aromatic carbocycles. The molecule has 14 nitrogen and oxygen atoms in total. The first-order valence-corrected chi connectivity index (χ1v) is 16.4. The van der Waals surface area contributed by atoms with E-state index in [1.165, 1.54) is 45.8 Å². The van der Waals surface area contributed by atoms with Crippen molar-refractivity contribution in [1.29, 1.82) is 10.5 Å². The van der Waals surface area contributed by atoms with Crippen LogP contribution in [0.3, 0.4) is 0 Å². The molecule has 2 aromatic heterocycles. The van der Waals surface area contributed by atoms with Gasteiger partial charge in [-0.3, -0.25) is 4.79 Å². The Hall–Kier alpha value is -5.64. The molecular formula is C34H24Cl4N8O6. The molecule has 0 radical (unpaired) electrons. The van der Waals surface area contributed by atoms with Gasteiger partial charge in [-0.15, -0.1) is 10.2 Å². The number of ether oxygens (including phenoxy) is 2. The average Bonchev–Trinajstić information content (AvgIpc) is 3.66. The van der Waals surface area contributed by atoms with Crippen LogP contribution in [0.15, 0.2) is 60.7 Å². The number of hydrogen-bond donors (Lipinski definition) is 2. The van der Waals surface area contributed by atoms with Crippen LogP contribution in [0.5, 0.6) is 23.0 Å². The lowest BCUT2D eigenvalue weighted by Crippen LogP contribution is -2.32. The average molecular weight is 782 g/mol. The van der Waals surface area contributed by atoms with E-state index in [9.17, 15) is 14.7 Å². The normalized spacial score (nSPS) is 11.6. The second-order valence-corrected chi connectivity index (χ2v) is 13.7. The molecule has 264 valence electrons. The minimum Gasteiger partial charge on any atom is -0.480 e. The smallest absolute Gasteiger partial charge is 0.329 e. The summed E-state index contributed by atoms with van der Waals surface area (Å²) in [6, 6.07) is 18.5. The summed E-state index contributed by atoms with van der Waals surface area (Å²) in [5.41, 5.74) is 1.58. The van der Waals surface area contributed by atoms with Gasteiger partial charge in [0, 0.05) is 10.0 Å². The lowest BCUT2D eigenvalue weighted by Gasteiger charge is -2.27. The Kier molecular flexibility index (Phi) is 11.1. The summed E-state index contributed by atoms with van der Waals surface area (Å²) in [7, 11) is 0. The summed E-state index contributed by atoms with van der Waals surface area (Å²) < 4.78 is 14.2. The molecule has 18 heteroatoms. The van der Waals surface area contributed by atoms with Gasteiger partial charge in [-0.05, 0) is 66.1 Å². The summed E-state index contributed by atoms with van der Waals surface area (Å²) in [5, 5.41) is 53.8. The zero-order valence-corrected chi connectivity index (χ0v) is 30.2. The fourth-order valence-electron chi connectivity index (χ4n) is 5.03. The van der Waals surface area contributed by atoms with Crippen molar-refractivity contribution in [2.45, 2.75) is 33.4 Å². The van der Waals surface area contributed by atoms with E-state index in [2.05, 4.69) is 20.6 Å². The molecule has 2 heterocycles. The Morgan fingerprint density at radius 3 is 1.71 bits per heavy atom. The quantitative estimate of drug-likeness (QED) is 0.149. The van der Waals surface area contributed by atoms with Crippen LogP contribution in [-0.2, 0) is 16.1 Å². The fourth-order valence-corrected chi connectivity index (χ4v) is 5.86. The summed E-state index contributed by atoms with van der Waals surface area (Å²) in [4.78, 5) is 22.7. The van der Waals surface area contributed by atoms with Crippen LogP contribution in [0.2, 0.25) is 20.1 Å². The molecule has 52 heavy (non-hydrogen) atoms. The van der Waals surface area contributed by atoms with Crippen molar-refractivity contribution in [2.24, 2.45) is 5.41 Å². The van der Waals surface area contributed by atoms with E-state index in [-0.39, 0.29) is 28.1 Å². The van der Waals surface area contributed by atoms with Gasteiger partial charge in [0.15, 0.2) is 28.6 Å². The van der Waals surface area contributed by atoms with Crippen molar-refractivity contribution < 1.29 is 29.3 Å². The Morgan fingerprint density at radius 2 is 1.25 bits per heavy atom. The lowest BCUT2D eigenvalue weighted by atomic mass is 9.87.